The molecule has 2 aromatic carbocycles. The molecule has 0 radical (unpaired) electrons. The van der Waals surface area contributed by atoms with Gasteiger partial charge in [-0.15, -0.1) is 0 Å². The molecule has 0 saturated carbocycles. The Hall–Kier alpha value is -2.45. The summed E-state index contributed by atoms with van der Waals surface area (Å²) in [7, 11) is 0. The summed E-state index contributed by atoms with van der Waals surface area (Å²) < 4.78 is 15.8. The molecule has 1 unspecified atom stereocenters. The number of aliphatic carboxylic acids is 1. The zero-order valence-corrected chi connectivity index (χ0v) is 16.3. The Kier molecular flexibility index (Phi) is 10.2. The zero-order chi connectivity index (χ0) is 20.9. The monoisotopic (exact) mass is 404 g/mol. The van der Waals surface area contributed by atoms with Crippen LogP contribution >= 0.6 is 0 Å². The summed E-state index contributed by atoms with van der Waals surface area (Å²) in [6.45, 7) is 0.592. The normalized spacial score (nSPS) is 11.9. The van der Waals surface area contributed by atoms with Crippen LogP contribution in [0.2, 0.25) is 0 Å². The number of rotatable bonds is 14. The van der Waals surface area contributed by atoms with Crippen LogP contribution in [-0.2, 0) is 20.7 Å². The molecule has 2 rings (SSSR count). The number of hydrogen-bond donors (Lipinski definition) is 3. The molecule has 0 aromatic heterocycles. The number of benzene rings is 2. The Morgan fingerprint density at radius 1 is 0.862 bits per heavy atom. The first-order valence-electron chi connectivity index (χ1n) is 9.54. The topological polar surface area (TPSA) is 105 Å². The number of aliphatic hydroxyl groups excluding tert-OH is 2. The van der Waals surface area contributed by atoms with Crippen LogP contribution in [0.25, 0.3) is 0 Å². The molecule has 0 fully saturated rings. The first-order valence-corrected chi connectivity index (χ1v) is 9.54. The van der Waals surface area contributed by atoms with Crippen LogP contribution in [0.4, 0.5) is 0 Å². The van der Waals surface area contributed by atoms with Gasteiger partial charge in [-0.2, -0.15) is 0 Å². The fourth-order valence-electron chi connectivity index (χ4n) is 2.72. The van der Waals surface area contributed by atoms with E-state index in [0.29, 0.717) is 18.6 Å². The molecule has 0 bridgehead atoms. The fraction of sp³-hybridized carbons (Fsp3) is 0.409. The minimum atomic E-state index is -0.961. The molecule has 0 heterocycles. The van der Waals surface area contributed by atoms with Crippen molar-refractivity contribution in [2.75, 3.05) is 39.8 Å². The van der Waals surface area contributed by atoms with Gasteiger partial charge in [0.05, 0.1) is 26.4 Å². The minimum Gasteiger partial charge on any atom is -0.494 e. The van der Waals surface area contributed by atoms with Crippen molar-refractivity contribution in [1.82, 2.24) is 0 Å². The lowest BCUT2D eigenvalue weighted by atomic mass is 9.97. The van der Waals surface area contributed by atoms with Crippen molar-refractivity contribution in [3.8, 4) is 5.75 Å². The molecule has 0 aliphatic heterocycles. The van der Waals surface area contributed by atoms with Crippen molar-refractivity contribution in [3.63, 3.8) is 0 Å². The predicted molar refractivity (Wildman–Crippen MR) is 107 cm³/mol. The minimum absolute atomic E-state index is 0.00213. The van der Waals surface area contributed by atoms with E-state index in [1.165, 1.54) is 0 Å². The molecule has 158 valence electrons. The summed E-state index contributed by atoms with van der Waals surface area (Å²) in [6.07, 6.45) is 1.33. The standard InChI is InChI=1S/C22H28O7/c23-10-1-12-29-20-8-4-18(5-9-20)14-17-2-6-19(7-3-17)21(22(25)26)15-28-16-27-13-11-24/h2-9,21,23-24H,1,10-16H2,(H,25,26). The molecular formula is C22H28O7. The number of hydrogen-bond acceptors (Lipinski definition) is 6. The van der Waals surface area contributed by atoms with Crippen molar-refractivity contribution < 1.29 is 34.3 Å². The Morgan fingerprint density at radius 3 is 2.10 bits per heavy atom. The van der Waals surface area contributed by atoms with Gasteiger partial charge in [0.1, 0.15) is 18.5 Å². The van der Waals surface area contributed by atoms with Gasteiger partial charge in [-0.3, -0.25) is 4.79 Å². The summed E-state index contributed by atoms with van der Waals surface area (Å²) in [4.78, 5) is 11.5. The van der Waals surface area contributed by atoms with E-state index in [1.54, 1.807) is 12.1 Å². The third kappa shape index (κ3) is 8.21. The number of carboxylic acids is 1. The van der Waals surface area contributed by atoms with Crippen molar-refractivity contribution in [2.24, 2.45) is 0 Å². The van der Waals surface area contributed by atoms with Gasteiger partial charge in [0, 0.05) is 13.0 Å². The number of ether oxygens (including phenoxy) is 3. The van der Waals surface area contributed by atoms with E-state index >= 15 is 0 Å². The maximum atomic E-state index is 11.5. The Morgan fingerprint density at radius 2 is 1.52 bits per heavy atom. The van der Waals surface area contributed by atoms with E-state index in [9.17, 15) is 9.90 Å². The van der Waals surface area contributed by atoms with Crippen molar-refractivity contribution in [1.29, 1.82) is 0 Å². The second-order valence-corrected chi connectivity index (χ2v) is 6.50. The Balaban J connectivity index is 1.89. The maximum absolute atomic E-state index is 11.5. The number of carboxylic acid groups (broad SMARTS) is 1. The summed E-state index contributed by atoms with van der Waals surface area (Å²) >= 11 is 0. The Labute approximate surface area is 170 Å². The number of aliphatic hydroxyl groups is 2. The first-order chi connectivity index (χ1) is 14.1. The van der Waals surface area contributed by atoms with Crippen LogP contribution in [0.5, 0.6) is 5.75 Å². The van der Waals surface area contributed by atoms with Crippen LogP contribution in [0.15, 0.2) is 48.5 Å². The van der Waals surface area contributed by atoms with Crippen molar-refractivity contribution in [2.45, 2.75) is 18.8 Å². The van der Waals surface area contributed by atoms with Gasteiger partial charge in [0.15, 0.2) is 0 Å². The first kappa shape index (κ1) is 22.8. The van der Waals surface area contributed by atoms with Gasteiger partial charge < -0.3 is 29.5 Å². The SMILES string of the molecule is O=C(O)C(COCOCCO)c1ccc(Cc2ccc(OCCCO)cc2)cc1. The fourth-order valence-corrected chi connectivity index (χ4v) is 2.72. The average Bonchev–Trinajstić information content (AvgIpc) is 2.73. The summed E-state index contributed by atoms with van der Waals surface area (Å²) in [5, 5.41) is 26.9. The molecular weight excluding hydrogens is 376 g/mol. The van der Waals surface area contributed by atoms with Crippen molar-refractivity contribution >= 4 is 5.97 Å². The lowest BCUT2D eigenvalue weighted by Gasteiger charge is -2.14. The van der Waals surface area contributed by atoms with E-state index in [4.69, 9.17) is 24.4 Å². The molecule has 7 nitrogen and oxygen atoms in total. The van der Waals surface area contributed by atoms with Crippen LogP contribution in [0, 0.1) is 0 Å². The van der Waals surface area contributed by atoms with E-state index in [2.05, 4.69) is 0 Å². The third-order valence-corrected chi connectivity index (χ3v) is 4.27. The summed E-state index contributed by atoms with van der Waals surface area (Å²) in [6, 6.07) is 15.2. The molecule has 1 atom stereocenters. The van der Waals surface area contributed by atoms with Gasteiger partial charge in [0.25, 0.3) is 0 Å². The third-order valence-electron chi connectivity index (χ3n) is 4.27. The summed E-state index contributed by atoms with van der Waals surface area (Å²) in [5.41, 5.74) is 2.85. The van der Waals surface area contributed by atoms with Gasteiger partial charge in [-0.05, 0) is 35.2 Å². The maximum Gasteiger partial charge on any atom is 0.313 e. The van der Waals surface area contributed by atoms with E-state index < -0.39 is 11.9 Å². The molecule has 0 saturated heterocycles. The van der Waals surface area contributed by atoms with E-state index in [1.807, 2.05) is 36.4 Å². The quantitative estimate of drug-likeness (QED) is 0.327. The van der Waals surface area contributed by atoms with Crippen LogP contribution in [-0.4, -0.2) is 61.1 Å². The largest absolute Gasteiger partial charge is 0.494 e. The summed E-state index contributed by atoms with van der Waals surface area (Å²) in [5.74, 6) is -0.973. The highest BCUT2D eigenvalue weighted by Gasteiger charge is 2.20. The lowest BCUT2D eigenvalue weighted by Crippen LogP contribution is -2.19. The molecule has 0 aliphatic rings. The van der Waals surface area contributed by atoms with Crippen LogP contribution in [0.1, 0.15) is 29.0 Å². The molecule has 3 N–H and O–H groups in total. The smallest absolute Gasteiger partial charge is 0.313 e. The molecule has 7 heteroatoms. The molecule has 0 amide bonds. The predicted octanol–water partition coefficient (Wildman–Crippen LogP) is 2.19. The van der Waals surface area contributed by atoms with E-state index in [-0.39, 0.29) is 33.2 Å². The lowest BCUT2D eigenvalue weighted by molar-refractivity contribution is -0.142. The average molecular weight is 404 g/mol. The van der Waals surface area contributed by atoms with Crippen LogP contribution < -0.4 is 4.74 Å². The van der Waals surface area contributed by atoms with Gasteiger partial charge in [-0.1, -0.05) is 36.4 Å². The van der Waals surface area contributed by atoms with Crippen molar-refractivity contribution in [3.05, 3.63) is 65.2 Å². The zero-order valence-electron chi connectivity index (χ0n) is 16.3. The van der Waals surface area contributed by atoms with Crippen LogP contribution in [0.3, 0.4) is 0 Å². The molecule has 0 spiro atoms. The highest BCUT2D eigenvalue weighted by molar-refractivity contribution is 5.76. The second-order valence-electron chi connectivity index (χ2n) is 6.50. The van der Waals surface area contributed by atoms with Gasteiger partial charge in [-0.25, -0.2) is 0 Å². The molecule has 29 heavy (non-hydrogen) atoms. The Bertz CT molecular complexity index is 713. The molecule has 2 aromatic rings. The van der Waals surface area contributed by atoms with Gasteiger partial charge >= 0.3 is 5.97 Å². The molecule has 0 aliphatic carbocycles. The highest BCUT2D eigenvalue weighted by Crippen LogP contribution is 2.20. The van der Waals surface area contributed by atoms with E-state index in [0.717, 1.165) is 23.3 Å². The second kappa shape index (κ2) is 12.9. The highest BCUT2D eigenvalue weighted by atomic mass is 16.7. The number of carbonyl (C=O) groups is 1. The van der Waals surface area contributed by atoms with Gasteiger partial charge in [0.2, 0.25) is 0 Å².